The molecule has 2 rings (SSSR count). The van der Waals surface area contributed by atoms with Gasteiger partial charge in [-0.1, -0.05) is 24.3 Å². The Balaban J connectivity index is 1.90. The quantitative estimate of drug-likeness (QED) is 0.884. The average Bonchev–Trinajstić information content (AvgIpc) is 2.39. The number of aryl methyl sites for hydroxylation is 1. The Labute approximate surface area is 111 Å². The largest absolute Gasteiger partial charge is 0.374 e. The summed E-state index contributed by atoms with van der Waals surface area (Å²) in [6, 6.07) is 14.0. The van der Waals surface area contributed by atoms with Crippen molar-refractivity contribution in [2.75, 3.05) is 17.2 Å². The molecule has 2 N–H and O–H groups in total. The van der Waals surface area contributed by atoms with Gasteiger partial charge in [-0.3, -0.25) is 4.79 Å². The number of carbonyl (C=O) groups excluding carboxylic acids is 1. The minimum absolute atomic E-state index is 0.0227. The van der Waals surface area contributed by atoms with Crippen LogP contribution in [-0.2, 0) is 4.79 Å². The van der Waals surface area contributed by atoms with Crippen molar-refractivity contribution in [2.24, 2.45) is 0 Å². The van der Waals surface area contributed by atoms with Gasteiger partial charge in [0.1, 0.15) is 5.82 Å². The highest BCUT2D eigenvalue weighted by Crippen LogP contribution is 2.14. The van der Waals surface area contributed by atoms with Crippen LogP contribution in [0.4, 0.5) is 15.8 Å². The number of benzene rings is 2. The summed E-state index contributed by atoms with van der Waals surface area (Å²) in [7, 11) is 0. The van der Waals surface area contributed by atoms with Gasteiger partial charge in [0.05, 0.1) is 12.2 Å². The molecule has 0 radical (unpaired) electrons. The van der Waals surface area contributed by atoms with Gasteiger partial charge in [-0.2, -0.15) is 0 Å². The normalized spacial score (nSPS) is 10.0. The van der Waals surface area contributed by atoms with Gasteiger partial charge < -0.3 is 10.6 Å². The van der Waals surface area contributed by atoms with Crippen LogP contribution < -0.4 is 10.6 Å². The van der Waals surface area contributed by atoms with Gasteiger partial charge in [-0.05, 0) is 36.8 Å². The Morgan fingerprint density at radius 1 is 1.16 bits per heavy atom. The van der Waals surface area contributed by atoms with Crippen LogP contribution in [0.2, 0.25) is 0 Å². The molecule has 0 aliphatic heterocycles. The fourth-order valence-electron chi connectivity index (χ4n) is 1.67. The molecular formula is C15H15FN2O. The molecule has 0 spiro atoms. The molecule has 0 bridgehead atoms. The van der Waals surface area contributed by atoms with E-state index in [1.165, 1.54) is 6.07 Å². The van der Waals surface area contributed by atoms with Crippen LogP contribution in [0.5, 0.6) is 0 Å². The maximum absolute atomic E-state index is 13.5. The predicted octanol–water partition coefficient (Wildman–Crippen LogP) is 3.18. The first kappa shape index (κ1) is 13.1. The lowest BCUT2D eigenvalue weighted by Crippen LogP contribution is -2.22. The fraction of sp³-hybridized carbons (Fsp3) is 0.133. The van der Waals surface area contributed by atoms with Crippen LogP contribution >= 0.6 is 0 Å². The van der Waals surface area contributed by atoms with E-state index in [1.807, 2.05) is 25.1 Å². The van der Waals surface area contributed by atoms with Crippen LogP contribution in [0.1, 0.15) is 5.56 Å². The Morgan fingerprint density at radius 2 is 1.89 bits per heavy atom. The number of hydrogen-bond acceptors (Lipinski definition) is 2. The third kappa shape index (κ3) is 3.81. The highest BCUT2D eigenvalue weighted by molar-refractivity contribution is 5.93. The van der Waals surface area contributed by atoms with Crippen molar-refractivity contribution >= 4 is 17.3 Å². The van der Waals surface area contributed by atoms with Gasteiger partial charge in [0.2, 0.25) is 5.91 Å². The Bertz CT molecular complexity index is 570. The van der Waals surface area contributed by atoms with Gasteiger partial charge in [0.25, 0.3) is 0 Å². The Kier molecular flexibility index (Phi) is 4.13. The minimum atomic E-state index is -0.354. The van der Waals surface area contributed by atoms with Crippen molar-refractivity contribution < 1.29 is 9.18 Å². The topological polar surface area (TPSA) is 41.1 Å². The lowest BCUT2D eigenvalue weighted by Gasteiger charge is -2.09. The molecule has 0 unspecified atom stereocenters. The first-order chi connectivity index (χ1) is 9.15. The number of para-hydroxylation sites is 1. The van der Waals surface area contributed by atoms with Gasteiger partial charge >= 0.3 is 0 Å². The third-order valence-corrected chi connectivity index (χ3v) is 2.62. The predicted molar refractivity (Wildman–Crippen MR) is 74.7 cm³/mol. The number of rotatable bonds is 4. The molecule has 3 nitrogen and oxygen atoms in total. The summed E-state index contributed by atoms with van der Waals surface area (Å²) < 4.78 is 13.5. The Hall–Kier alpha value is -2.36. The highest BCUT2D eigenvalue weighted by Gasteiger charge is 2.05. The maximum Gasteiger partial charge on any atom is 0.243 e. The van der Waals surface area contributed by atoms with Gasteiger partial charge in [-0.15, -0.1) is 0 Å². The van der Waals surface area contributed by atoms with Crippen LogP contribution in [-0.4, -0.2) is 12.5 Å². The van der Waals surface area contributed by atoms with Gasteiger partial charge in [0.15, 0.2) is 0 Å². The monoisotopic (exact) mass is 258 g/mol. The van der Waals surface area contributed by atoms with Crippen molar-refractivity contribution in [3.63, 3.8) is 0 Å². The molecule has 0 atom stereocenters. The molecule has 0 saturated carbocycles. The molecule has 1 amide bonds. The van der Waals surface area contributed by atoms with E-state index < -0.39 is 0 Å². The summed E-state index contributed by atoms with van der Waals surface area (Å²) >= 11 is 0. The lowest BCUT2D eigenvalue weighted by atomic mass is 10.2. The summed E-state index contributed by atoms with van der Waals surface area (Å²) in [5.74, 6) is -0.571. The standard InChI is InChI=1S/C15H15FN2O/c1-11-7-8-14(13(16)9-11)17-10-15(19)18-12-5-3-2-4-6-12/h2-9,17H,10H2,1H3,(H,18,19). The van der Waals surface area contributed by atoms with Crippen molar-refractivity contribution in [3.05, 3.63) is 59.9 Å². The summed E-state index contributed by atoms with van der Waals surface area (Å²) in [5, 5.41) is 5.49. The summed E-state index contributed by atoms with van der Waals surface area (Å²) in [5.41, 5.74) is 1.89. The van der Waals surface area contributed by atoms with E-state index in [0.717, 1.165) is 11.3 Å². The zero-order valence-corrected chi connectivity index (χ0v) is 10.6. The summed E-state index contributed by atoms with van der Waals surface area (Å²) in [6.45, 7) is 1.84. The molecule has 0 fully saturated rings. The van der Waals surface area contributed by atoms with Crippen molar-refractivity contribution in [3.8, 4) is 0 Å². The molecule has 2 aromatic carbocycles. The number of anilines is 2. The van der Waals surface area contributed by atoms with E-state index in [2.05, 4.69) is 10.6 Å². The van der Waals surface area contributed by atoms with E-state index in [0.29, 0.717) is 5.69 Å². The second-order valence-electron chi connectivity index (χ2n) is 4.25. The molecule has 4 heteroatoms. The number of halogens is 1. The first-order valence-electron chi connectivity index (χ1n) is 6.00. The second kappa shape index (κ2) is 6.00. The molecule has 19 heavy (non-hydrogen) atoms. The summed E-state index contributed by atoms with van der Waals surface area (Å²) in [6.07, 6.45) is 0. The van der Waals surface area contributed by atoms with E-state index >= 15 is 0 Å². The molecular weight excluding hydrogens is 243 g/mol. The van der Waals surface area contributed by atoms with Crippen LogP contribution in [0, 0.1) is 12.7 Å². The zero-order valence-electron chi connectivity index (χ0n) is 10.6. The second-order valence-corrected chi connectivity index (χ2v) is 4.25. The maximum atomic E-state index is 13.5. The Morgan fingerprint density at radius 3 is 2.58 bits per heavy atom. The van der Waals surface area contributed by atoms with E-state index in [1.54, 1.807) is 24.3 Å². The fourth-order valence-corrected chi connectivity index (χ4v) is 1.67. The van der Waals surface area contributed by atoms with E-state index in [4.69, 9.17) is 0 Å². The van der Waals surface area contributed by atoms with Crippen LogP contribution in [0.25, 0.3) is 0 Å². The molecule has 0 saturated heterocycles. The molecule has 0 aliphatic rings. The first-order valence-corrected chi connectivity index (χ1v) is 6.00. The van der Waals surface area contributed by atoms with Crippen molar-refractivity contribution in [1.29, 1.82) is 0 Å². The van der Waals surface area contributed by atoms with Crippen molar-refractivity contribution in [1.82, 2.24) is 0 Å². The zero-order chi connectivity index (χ0) is 13.7. The number of hydrogen-bond donors (Lipinski definition) is 2. The average molecular weight is 258 g/mol. The van der Waals surface area contributed by atoms with Gasteiger partial charge in [-0.25, -0.2) is 4.39 Å². The lowest BCUT2D eigenvalue weighted by molar-refractivity contribution is -0.114. The van der Waals surface area contributed by atoms with Crippen LogP contribution in [0.3, 0.4) is 0 Å². The molecule has 0 heterocycles. The molecule has 2 aromatic rings. The van der Waals surface area contributed by atoms with E-state index in [-0.39, 0.29) is 18.3 Å². The van der Waals surface area contributed by atoms with Crippen LogP contribution in [0.15, 0.2) is 48.5 Å². The number of carbonyl (C=O) groups is 1. The molecule has 0 aliphatic carbocycles. The van der Waals surface area contributed by atoms with Crippen molar-refractivity contribution in [2.45, 2.75) is 6.92 Å². The SMILES string of the molecule is Cc1ccc(NCC(=O)Nc2ccccc2)c(F)c1. The minimum Gasteiger partial charge on any atom is -0.374 e. The van der Waals surface area contributed by atoms with E-state index in [9.17, 15) is 9.18 Å². The molecule has 0 aromatic heterocycles. The highest BCUT2D eigenvalue weighted by atomic mass is 19.1. The third-order valence-electron chi connectivity index (χ3n) is 2.62. The van der Waals surface area contributed by atoms with Gasteiger partial charge in [0, 0.05) is 5.69 Å². The number of nitrogens with one attached hydrogen (secondary N) is 2. The number of amides is 1. The molecule has 98 valence electrons. The smallest absolute Gasteiger partial charge is 0.243 e. The summed E-state index contributed by atoms with van der Waals surface area (Å²) in [4.78, 5) is 11.7.